The molecule has 1 spiro atoms. The lowest BCUT2D eigenvalue weighted by molar-refractivity contribution is -0.143. The number of hydrogen-bond donors (Lipinski definition) is 3. The van der Waals surface area contributed by atoms with Gasteiger partial charge in [-0.25, -0.2) is 0 Å². The van der Waals surface area contributed by atoms with Gasteiger partial charge in [-0.3, -0.25) is 14.4 Å². The molecule has 6 atom stereocenters. The number of aliphatic hydroxyl groups is 1. The summed E-state index contributed by atoms with van der Waals surface area (Å²) >= 11 is 1.67. The van der Waals surface area contributed by atoms with E-state index >= 15 is 0 Å². The maximum absolute atomic E-state index is 14.2. The molecule has 1 saturated carbocycles. The Morgan fingerprint density at radius 2 is 1.84 bits per heavy atom. The zero-order valence-electron chi connectivity index (χ0n) is 22.7. The molecule has 3 N–H and O–H groups in total. The van der Waals surface area contributed by atoms with Gasteiger partial charge in [0.1, 0.15) is 11.8 Å². The van der Waals surface area contributed by atoms with Crippen molar-refractivity contribution in [1.82, 2.24) is 10.2 Å². The van der Waals surface area contributed by atoms with Gasteiger partial charge in [0, 0.05) is 17.0 Å². The second kappa shape index (κ2) is 11.1. The summed E-state index contributed by atoms with van der Waals surface area (Å²) in [5.41, 5.74) is 0.657. The van der Waals surface area contributed by atoms with E-state index in [1.165, 1.54) is 6.42 Å². The molecule has 8 nitrogen and oxygen atoms in total. The molecule has 4 aliphatic rings. The van der Waals surface area contributed by atoms with E-state index in [2.05, 4.69) is 10.6 Å². The Bertz CT molecular complexity index is 1040. The fraction of sp³-hybridized carbons (Fsp3) is 0.690. The van der Waals surface area contributed by atoms with Crippen LogP contribution in [0.3, 0.4) is 0 Å². The van der Waals surface area contributed by atoms with Crippen molar-refractivity contribution in [2.45, 2.75) is 93.8 Å². The zero-order chi connectivity index (χ0) is 27.0. The molecule has 1 aliphatic carbocycles. The maximum atomic E-state index is 14.2. The average molecular weight is 544 g/mol. The molecule has 0 aromatic heterocycles. The molecule has 0 radical (unpaired) electrons. The number of likely N-dealkylation sites (tertiary alicyclic amines) is 1. The molecule has 5 rings (SSSR count). The van der Waals surface area contributed by atoms with Crippen LogP contribution in [0.2, 0.25) is 0 Å². The van der Waals surface area contributed by atoms with Crippen LogP contribution < -0.4 is 15.4 Å². The number of anilines is 1. The Balaban J connectivity index is 1.43. The molecule has 3 aliphatic heterocycles. The van der Waals surface area contributed by atoms with Crippen molar-refractivity contribution in [2.75, 3.05) is 18.5 Å². The van der Waals surface area contributed by atoms with Gasteiger partial charge in [0.25, 0.3) is 0 Å². The minimum Gasteiger partial charge on any atom is -0.494 e. The first kappa shape index (κ1) is 27.3. The second-order valence-corrected chi connectivity index (χ2v) is 13.2. The van der Waals surface area contributed by atoms with Crippen molar-refractivity contribution in [3.8, 4) is 5.75 Å². The monoisotopic (exact) mass is 543 g/mol. The van der Waals surface area contributed by atoms with Crippen molar-refractivity contribution in [3.05, 3.63) is 24.3 Å². The van der Waals surface area contributed by atoms with Crippen molar-refractivity contribution < 1.29 is 24.2 Å². The van der Waals surface area contributed by atoms with Gasteiger partial charge in [0.15, 0.2) is 0 Å². The number of aliphatic hydroxyl groups excluding tert-OH is 1. The van der Waals surface area contributed by atoms with Gasteiger partial charge < -0.3 is 25.4 Å². The fourth-order valence-electron chi connectivity index (χ4n) is 7.22. The Kier molecular flexibility index (Phi) is 7.96. The molecule has 3 saturated heterocycles. The molecule has 1 aromatic rings. The summed E-state index contributed by atoms with van der Waals surface area (Å²) in [6.07, 6.45) is 6.82. The zero-order valence-corrected chi connectivity index (χ0v) is 23.5. The number of rotatable bonds is 9. The third kappa shape index (κ3) is 4.70. The molecule has 38 heavy (non-hydrogen) atoms. The summed E-state index contributed by atoms with van der Waals surface area (Å²) in [6, 6.07) is 6.22. The largest absolute Gasteiger partial charge is 0.494 e. The molecule has 2 bridgehead atoms. The van der Waals surface area contributed by atoms with Crippen LogP contribution in [0.15, 0.2) is 24.3 Å². The standard InChI is InChI=1S/C29H41N3O5S/c1-4-37-20-12-10-19(11-13-20)30-26(34)23-22-14-15-29(38-22)24(23)28(36)32(21(16-33)17(2)3)25(29)27(35)31-18-8-6-5-7-9-18/h10-13,17-18,21-25,33H,4-9,14-16H2,1-3H3,(H,30,34)(H,31,35)/t21-,22-,23+,24-,25?,29?/m0/s1. The Morgan fingerprint density at radius 1 is 1.13 bits per heavy atom. The highest BCUT2D eigenvalue weighted by Gasteiger charge is 2.74. The van der Waals surface area contributed by atoms with Crippen LogP contribution in [0.25, 0.3) is 0 Å². The van der Waals surface area contributed by atoms with Gasteiger partial charge in [0.2, 0.25) is 17.7 Å². The minimum atomic E-state index is -0.681. The molecule has 4 fully saturated rings. The Labute approximate surface area is 229 Å². The smallest absolute Gasteiger partial charge is 0.244 e. The predicted octanol–water partition coefficient (Wildman–Crippen LogP) is 3.58. The van der Waals surface area contributed by atoms with Gasteiger partial charge in [-0.2, -0.15) is 0 Å². The van der Waals surface area contributed by atoms with E-state index < -0.39 is 28.7 Å². The van der Waals surface area contributed by atoms with E-state index in [9.17, 15) is 19.5 Å². The molecular formula is C29H41N3O5S. The van der Waals surface area contributed by atoms with Crippen molar-refractivity contribution in [1.29, 1.82) is 0 Å². The third-order valence-electron chi connectivity index (χ3n) is 8.99. The summed E-state index contributed by atoms with van der Waals surface area (Å²) in [5.74, 6) is -0.849. The van der Waals surface area contributed by atoms with Crippen LogP contribution in [0.5, 0.6) is 5.75 Å². The number of carbonyl (C=O) groups excluding carboxylic acids is 3. The Hall–Kier alpha value is -2.26. The lowest BCUT2D eigenvalue weighted by Crippen LogP contribution is -2.59. The molecular weight excluding hydrogens is 502 g/mol. The van der Waals surface area contributed by atoms with Gasteiger partial charge in [-0.1, -0.05) is 33.1 Å². The van der Waals surface area contributed by atoms with E-state index in [4.69, 9.17) is 4.74 Å². The van der Waals surface area contributed by atoms with E-state index in [0.717, 1.165) is 44.3 Å². The maximum Gasteiger partial charge on any atom is 0.244 e. The van der Waals surface area contributed by atoms with Crippen LogP contribution in [-0.2, 0) is 14.4 Å². The quantitative estimate of drug-likeness (QED) is 0.440. The third-order valence-corrected chi connectivity index (χ3v) is 10.9. The highest BCUT2D eigenvalue weighted by atomic mass is 32.2. The first-order valence-corrected chi connectivity index (χ1v) is 15.1. The SMILES string of the molecule is CCOc1ccc(NC(=O)[C@@H]2[C@@H]3CCC4(S3)C(C(=O)NC3CCCCC3)N([C@@H](CO)C(C)C)C(=O)[C@H]24)cc1. The van der Waals surface area contributed by atoms with Gasteiger partial charge in [-0.15, -0.1) is 11.8 Å². The van der Waals surface area contributed by atoms with Gasteiger partial charge in [0.05, 0.1) is 35.8 Å². The molecule has 3 amide bonds. The number of fused-ring (bicyclic) bond motifs is 1. The topological polar surface area (TPSA) is 108 Å². The van der Waals surface area contributed by atoms with E-state index in [1.807, 2.05) is 45.0 Å². The Morgan fingerprint density at radius 3 is 2.47 bits per heavy atom. The second-order valence-electron chi connectivity index (χ2n) is 11.6. The number of nitrogens with zero attached hydrogens (tertiary/aromatic N) is 1. The van der Waals surface area contributed by atoms with Gasteiger partial charge >= 0.3 is 0 Å². The van der Waals surface area contributed by atoms with E-state index in [0.29, 0.717) is 12.3 Å². The number of nitrogens with one attached hydrogen (secondary N) is 2. The molecule has 2 unspecified atom stereocenters. The number of benzene rings is 1. The fourth-order valence-corrected chi connectivity index (χ4v) is 9.43. The van der Waals surface area contributed by atoms with Crippen LogP contribution >= 0.6 is 11.8 Å². The predicted molar refractivity (Wildman–Crippen MR) is 148 cm³/mol. The minimum absolute atomic E-state index is 0.00888. The van der Waals surface area contributed by atoms with Crippen LogP contribution in [0.4, 0.5) is 5.69 Å². The average Bonchev–Trinajstić information content (AvgIpc) is 3.54. The van der Waals surface area contributed by atoms with E-state index in [1.54, 1.807) is 16.7 Å². The van der Waals surface area contributed by atoms with Crippen LogP contribution in [0, 0.1) is 17.8 Å². The normalized spacial score (nSPS) is 31.4. The van der Waals surface area contributed by atoms with Crippen molar-refractivity contribution >= 4 is 35.2 Å². The highest BCUT2D eigenvalue weighted by molar-refractivity contribution is 8.02. The molecule has 208 valence electrons. The van der Waals surface area contributed by atoms with Crippen molar-refractivity contribution in [3.63, 3.8) is 0 Å². The summed E-state index contributed by atoms with van der Waals surface area (Å²) < 4.78 is 4.85. The highest BCUT2D eigenvalue weighted by Crippen LogP contribution is 2.66. The first-order valence-electron chi connectivity index (χ1n) is 14.3. The number of ether oxygens (including phenoxy) is 1. The van der Waals surface area contributed by atoms with Crippen LogP contribution in [-0.4, -0.2) is 69.1 Å². The number of carbonyl (C=O) groups is 3. The summed E-state index contributed by atoms with van der Waals surface area (Å²) in [7, 11) is 0. The number of amides is 3. The molecule has 1 aromatic carbocycles. The molecule has 9 heteroatoms. The van der Waals surface area contributed by atoms with Crippen molar-refractivity contribution in [2.24, 2.45) is 17.8 Å². The van der Waals surface area contributed by atoms with Gasteiger partial charge in [-0.05, 0) is 62.8 Å². The summed E-state index contributed by atoms with van der Waals surface area (Å²) in [5, 5.41) is 16.6. The summed E-state index contributed by atoms with van der Waals surface area (Å²) in [4.78, 5) is 43.5. The number of thioether (sulfide) groups is 1. The lowest BCUT2D eigenvalue weighted by atomic mass is 9.70. The number of hydrogen-bond acceptors (Lipinski definition) is 6. The summed E-state index contributed by atoms with van der Waals surface area (Å²) in [6.45, 7) is 6.21. The molecule has 3 heterocycles. The first-order chi connectivity index (χ1) is 18.3. The van der Waals surface area contributed by atoms with Crippen LogP contribution in [0.1, 0.15) is 65.7 Å². The lowest BCUT2D eigenvalue weighted by Gasteiger charge is -2.39. The van der Waals surface area contributed by atoms with E-state index in [-0.39, 0.29) is 41.5 Å².